The molecule has 76 valence electrons. The second kappa shape index (κ2) is 3.56. The number of hydrogen-bond donors (Lipinski definition) is 1. The lowest BCUT2D eigenvalue weighted by Crippen LogP contribution is -2.49. The van der Waals surface area contributed by atoms with Gasteiger partial charge in [-0.05, 0) is 19.3 Å². The minimum atomic E-state index is -0.0596. The third kappa shape index (κ3) is 1.49. The smallest absolute Gasteiger partial charge is 0.102 e. The molecule has 0 aromatic heterocycles. The Bertz CT molecular complexity index is 178. The van der Waals surface area contributed by atoms with E-state index >= 15 is 0 Å². The molecule has 0 radical (unpaired) electrons. The molecule has 3 heteroatoms. The standard InChI is InChI=1S/C10H19NO2/c1-12-10(5-2-3-6-10)9-8(11)4-7-13-9/h8-9H,2-7,11H2,1H3. The maximum absolute atomic E-state index is 6.01. The van der Waals surface area contributed by atoms with Gasteiger partial charge in [-0.25, -0.2) is 0 Å². The molecule has 0 aromatic carbocycles. The summed E-state index contributed by atoms with van der Waals surface area (Å²) in [6, 6.07) is 0.179. The van der Waals surface area contributed by atoms with E-state index in [4.69, 9.17) is 15.2 Å². The summed E-state index contributed by atoms with van der Waals surface area (Å²) in [6.45, 7) is 0.803. The van der Waals surface area contributed by atoms with Crippen LogP contribution in [0.2, 0.25) is 0 Å². The van der Waals surface area contributed by atoms with E-state index in [2.05, 4.69) is 0 Å². The molecule has 1 saturated heterocycles. The summed E-state index contributed by atoms with van der Waals surface area (Å²) in [5.41, 5.74) is 5.95. The van der Waals surface area contributed by atoms with Crippen molar-refractivity contribution >= 4 is 0 Å². The van der Waals surface area contributed by atoms with Crippen LogP contribution in [0.5, 0.6) is 0 Å². The highest BCUT2D eigenvalue weighted by Crippen LogP contribution is 2.39. The Morgan fingerprint density at radius 1 is 1.38 bits per heavy atom. The van der Waals surface area contributed by atoms with Gasteiger partial charge < -0.3 is 15.2 Å². The summed E-state index contributed by atoms with van der Waals surface area (Å²) in [7, 11) is 1.79. The molecule has 1 saturated carbocycles. The maximum Gasteiger partial charge on any atom is 0.102 e. The molecule has 0 aromatic rings. The Labute approximate surface area is 79.6 Å². The first-order valence-electron chi connectivity index (χ1n) is 5.21. The molecule has 13 heavy (non-hydrogen) atoms. The molecule has 0 bridgehead atoms. The normalized spacial score (nSPS) is 38.3. The lowest BCUT2D eigenvalue weighted by atomic mass is 9.90. The number of hydrogen-bond acceptors (Lipinski definition) is 3. The highest BCUT2D eigenvalue weighted by Gasteiger charge is 2.47. The van der Waals surface area contributed by atoms with Crippen LogP contribution in [0, 0.1) is 0 Å². The second-order valence-electron chi connectivity index (χ2n) is 4.22. The van der Waals surface area contributed by atoms with E-state index in [0.29, 0.717) is 0 Å². The van der Waals surface area contributed by atoms with Crippen LogP contribution < -0.4 is 5.73 Å². The quantitative estimate of drug-likeness (QED) is 0.699. The molecule has 0 spiro atoms. The van der Waals surface area contributed by atoms with Crippen molar-refractivity contribution in [2.24, 2.45) is 5.73 Å². The number of ether oxygens (including phenoxy) is 2. The summed E-state index contributed by atoms with van der Waals surface area (Å²) in [5, 5.41) is 0. The van der Waals surface area contributed by atoms with Gasteiger partial charge in [0.1, 0.15) is 6.10 Å². The van der Waals surface area contributed by atoms with Gasteiger partial charge >= 0.3 is 0 Å². The van der Waals surface area contributed by atoms with Crippen LogP contribution in [0.4, 0.5) is 0 Å². The predicted octanol–water partition coefficient (Wildman–Crippen LogP) is 1.06. The van der Waals surface area contributed by atoms with Crippen molar-refractivity contribution in [1.82, 2.24) is 0 Å². The van der Waals surface area contributed by atoms with Crippen molar-refractivity contribution < 1.29 is 9.47 Å². The lowest BCUT2D eigenvalue weighted by molar-refractivity contribution is -0.109. The van der Waals surface area contributed by atoms with Gasteiger partial charge in [0.05, 0.1) is 5.60 Å². The van der Waals surface area contributed by atoms with Crippen molar-refractivity contribution in [2.75, 3.05) is 13.7 Å². The average Bonchev–Trinajstić information content (AvgIpc) is 2.73. The lowest BCUT2D eigenvalue weighted by Gasteiger charge is -2.35. The van der Waals surface area contributed by atoms with E-state index in [0.717, 1.165) is 25.9 Å². The average molecular weight is 185 g/mol. The molecule has 2 unspecified atom stereocenters. The van der Waals surface area contributed by atoms with Crippen LogP contribution in [0.25, 0.3) is 0 Å². The Kier molecular flexibility index (Phi) is 2.58. The zero-order valence-corrected chi connectivity index (χ0v) is 8.29. The molecule has 2 N–H and O–H groups in total. The van der Waals surface area contributed by atoms with Gasteiger partial charge in [0, 0.05) is 19.8 Å². The number of nitrogens with two attached hydrogens (primary N) is 1. The largest absolute Gasteiger partial charge is 0.375 e. The first-order valence-corrected chi connectivity index (χ1v) is 5.21. The predicted molar refractivity (Wildman–Crippen MR) is 50.5 cm³/mol. The fourth-order valence-corrected chi connectivity index (χ4v) is 2.73. The molecular formula is C10H19NO2. The van der Waals surface area contributed by atoms with E-state index in [9.17, 15) is 0 Å². The van der Waals surface area contributed by atoms with Crippen molar-refractivity contribution in [2.45, 2.75) is 49.9 Å². The molecule has 1 aliphatic carbocycles. The van der Waals surface area contributed by atoms with Gasteiger partial charge in [0.15, 0.2) is 0 Å². The first-order chi connectivity index (χ1) is 6.28. The summed E-state index contributed by atoms with van der Waals surface area (Å²) in [6.07, 6.45) is 5.85. The second-order valence-corrected chi connectivity index (χ2v) is 4.22. The third-order valence-electron chi connectivity index (χ3n) is 3.51. The van der Waals surface area contributed by atoms with Crippen LogP contribution in [-0.4, -0.2) is 31.5 Å². The third-order valence-corrected chi connectivity index (χ3v) is 3.51. The SMILES string of the molecule is COC1(C2OCCC2N)CCCC1. The monoisotopic (exact) mass is 185 g/mol. The van der Waals surface area contributed by atoms with E-state index in [1.54, 1.807) is 7.11 Å². The van der Waals surface area contributed by atoms with E-state index in [1.165, 1.54) is 12.8 Å². The molecule has 1 aliphatic heterocycles. The fraction of sp³-hybridized carbons (Fsp3) is 1.00. The minimum Gasteiger partial charge on any atom is -0.375 e. The topological polar surface area (TPSA) is 44.5 Å². The Hall–Kier alpha value is -0.120. The zero-order valence-electron chi connectivity index (χ0n) is 8.29. The molecular weight excluding hydrogens is 166 g/mol. The van der Waals surface area contributed by atoms with Crippen LogP contribution in [0.15, 0.2) is 0 Å². The Morgan fingerprint density at radius 3 is 2.54 bits per heavy atom. The van der Waals surface area contributed by atoms with Gasteiger partial charge in [-0.2, -0.15) is 0 Å². The molecule has 2 rings (SSSR count). The van der Waals surface area contributed by atoms with E-state index in [-0.39, 0.29) is 17.7 Å². The highest BCUT2D eigenvalue weighted by molar-refractivity contribution is 5.00. The molecule has 2 fully saturated rings. The van der Waals surface area contributed by atoms with Crippen molar-refractivity contribution in [3.05, 3.63) is 0 Å². The molecule has 3 nitrogen and oxygen atoms in total. The summed E-state index contributed by atoms with van der Waals surface area (Å²) in [4.78, 5) is 0. The minimum absolute atomic E-state index is 0.0596. The van der Waals surface area contributed by atoms with Crippen molar-refractivity contribution in [3.63, 3.8) is 0 Å². The van der Waals surface area contributed by atoms with Crippen LogP contribution in [0.1, 0.15) is 32.1 Å². The summed E-state index contributed by atoms with van der Waals surface area (Å²) in [5.74, 6) is 0. The fourth-order valence-electron chi connectivity index (χ4n) is 2.73. The summed E-state index contributed by atoms with van der Waals surface area (Å²) < 4.78 is 11.3. The van der Waals surface area contributed by atoms with E-state index in [1.807, 2.05) is 0 Å². The maximum atomic E-state index is 6.01. The molecule has 1 heterocycles. The van der Waals surface area contributed by atoms with E-state index < -0.39 is 0 Å². The number of rotatable bonds is 2. The molecule has 2 atom stereocenters. The highest BCUT2D eigenvalue weighted by atomic mass is 16.5. The van der Waals surface area contributed by atoms with Gasteiger partial charge in [0.2, 0.25) is 0 Å². The van der Waals surface area contributed by atoms with Crippen molar-refractivity contribution in [1.29, 1.82) is 0 Å². The zero-order chi connectivity index (χ0) is 9.31. The van der Waals surface area contributed by atoms with Gasteiger partial charge in [0.25, 0.3) is 0 Å². The van der Waals surface area contributed by atoms with Crippen LogP contribution in [0.3, 0.4) is 0 Å². The molecule has 0 amide bonds. The van der Waals surface area contributed by atoms with Crippen molar-refractivity contribution in [3.8, 4) is 0 Å². The van der Waals surface area contributed by atoms with Crippen LogP contribution >= 0.6 is 0 Å². The number of methoxy groups -OCH3 is 1. The first kappa shape index (κ1) is 9.44. The Morgan fingerprint density at radius 2 is 2.08 bits per heavy atom. The summed E-state index contributed by atoms with van der Waals surface area (Å²) >= 11 is 0. The molecule has 2 aliphatic rings. The van der Waals surface area contributed by atoms with Gasteiger partial charge in [-0.3, -0.25) is 0 Å². The van der Waals surface area contributed by atoms with Gasteiger partial charge in [-0.15, -0.1) is 0 Å². The van der Waals surface area contributed by atoms with Gasteiger partial charge in [-0.1, -0.05) is 12.8 Å². The van der Waals surface area contributed by atoms with Crippen LogP contribution in [-0.2, 0) is 9.47 Å². The Balaban J connectivity index is 2.10.